The van der Waals surface area contributed by atoms with Crippen LogP contribution in [0.1, 0.15) is 0 Å². The number of furan rings is 1. The molecule has 4 heteroatoms. The van der Waals surface area contributed by atoms with E-state index >= 15 is 0 Å². The van der Waals surface area contributed by atoms with E-state index in [2.05, 4.69) is 0 Å². The highest BCUT2D eigenvalue weighted by Crippen LogP contribution is 2.19. The number of nitrogens with two attached hydrogens (primary N) is 2. The van der Waals surface area contributed by atoms with E-state index in [0.29, 0.717) is 11.4 Å². The smallest absolute Gasteiger partial charge is 0.117 e. The number of anilines is 2. The molecule has 0 aliphatic carbocycles. The zero-order valence-corrected chi connectivity index (χ0v) is 5.16. The highest BCUT2D eigenvalue weighted by molar-refractivity contribution is 5.63. The molecule has 1 aromatic rings. The molecule has 1 aromatic heterocycles. The molecule has 0 saturated heterocycles. The Morgan fingerprint density at radius 1 is 1.56 bits per heavy atom. The average molecular weight is 127 g/mol. The van der Waals surface area contributed by atoms with Crippen LogP contribution in [0, 0.1) is 0 Å². The summed E-state index contributed by atoms with van der Waals surface area (Å²) in [6.45, 7) is 0. The van der Waals surface area contributed by atoms with Crippen molar-refractivity contribution in [1.29, 1.82) is 0 Å². The lowest BCUT2D eigenvalue weighted by Gasteiger charge is -2.07. The zero-order chi connectivity index (χ0) is 6.85. The Morgan fingerprint density at radius 3 is 2.44 bits per heavy atom. The Balaban J connectivity index is 2.94. The average Bonchev–Trinajstić information content (AvgIpc) is 2.13. The molecule has 0 aliphatic rings. The van der Waals surface area contributed by atoms with E-state index in [1.165, 1.54) is 17.5 Å². The van der Waals surface area contributed by atoms with Crippen molar-refractivity contribution in [2.75, 3.05) is 17.8 Å². The fourth-order valence-electron chi connectivity index (χ4n) is 0.587. The van der Waals surface area contributed by atoms with Crippen LogP contribution in [0.2, 0.25) is 0 Å². The number of nitrogen functional groups attached to an aromatic ring is 1. The van der Waals surface area contributed by atoms with Crippen LogP contribution in [0.15, 0.2) is 16.9 Å². The van der Waals surface area contributed by atoms with Gasteiger partial charge in [0.1, 0.15) is 18.2 Å². The second kappa shape index (κ2) is 1.99. The van der Waals surface area contributed by atoms with Crippen molar-refractivity contribution in [1.82, 2.24) is 0 Å². The molecule has 0 unspecified atom stereocenters. The Kier molecular flexibility index (Phi) is 1.32. The summed E-state index contributed by atoms with van der Waals surface area (Å²) in [4.78, 5) is 0. The quantitative estimate of drug-likeness (QED) is 0.417. The van der Waals surface area contributed by atoms with Gasteiger partial charge in [0.2, 0.25) is 0 Å². The number of rotatable bonds is 1. The Hall–Kier alpha value is -1.16. The predicted octanol–water partition coefficient (Wildman–Crippen LogP) is 0.172. The Labute approximate surface area is 53.0 Å². The van der Waals surface area contributed by atoms with Crippen molar-refractivity contribution in [3.05, 3.63) is 12.5 Å². The molecule has 0 aliphatic heterocycles. The molecule has 0 amide bonds. The van der Waals surface area contributed by atoms with Crippen LogP contribution in [-0.4, -0.2) is 7.05 Å². The van der Waals surface area contributed by atoms with Crippen LogP contribution in [0.25, 0.3) is 0 Å². The third-order valence-corrected chi connectivity index (χ3v) is 1.05. The number of hydrogen-bond donors (Lipinski definition) is 2. The minimum atomic E-state index is 0.556. The summed E-state index contributed by atoms with van der Waals surface area (Å²) in [5.41, 5.74) is 6.69. The molecule has 0 fully saturated rings. The summed E-state index contributed by atoms with van der Waals surface area (Å²) in [7, 11) is 1.70. The first-order valence-corrected chi connectivity index (χ1v) is 2.52. The number of hydrazine groups is 1. The monoisotopic (exact) mass is 127 g/mol. The lowest BCUT2D eigenvalue weighted by atomic mass is 10.4. The van der Waals surface area contributed by atoms with Crippen molar-refractivity contribution in [3.63, 3.8) is 0 Å². The summed E-state index contributed by atoms with van der Waals surface area (Å²) >= 11 is 0. The predicted molar refractivity (Wildman–Crippen MR) is 35.7 cm³/mol. The van der Waals surface area contributed by atoms with Gasteiger partial charge in [0.15, 0.2) is 0 Å². The molecular formula is C5H9N3O. The molecule has 0 aromatic carbocycles. The highest BCUT2D eigenvalue weighted by Gasteiger charge is 2.01. The maximum Gasteiger partial charge on any atom is 0.117 e. The van der Waals surface area contributed by atoms with E-state index < -0.39 is 0 Å². The van der Waals surface area contributed by atoms with Crippen LogP contribution in [0.5, 0.6) is 0 Å². The second-order valence-corrected chi connectivity index (χ2v) is 1.82. The molecule has 1 heterocycles. The van der Waals surface area contributed by atoms with Gasteiger partial charge in [0, 0.05) is 7.05 Å². The van der Waals surface area contributed by atoms with Gasteiger partial charge in [-0.25, -0.2) is 5.84 Å². The zero-order valence-electron chi connectivity index (χ0n) is 5.16. The minimum absolute atomic E-state index is 0.556. The van der Waals surface area contributed by atoms with Gasteiger partial charge in [-0.15, -0.1) is 0 Å². The molecule has 0 bridgehead atoms. The summed E-state index contributed by atoms with van der Waals surface area (Å²) in [5, 5.41) is 1.40. The van der Waals surface area contributed by atoms with Gasteiger partial charge in [-0.05, 0) is 0 Å². The van der Waals surface area contributed by atoms with E-state index in [0.717, 1.165) is 0 Å². The molecule has 9 heavy (non-hydrogen) atoms. The maximum absolute atomic E-state index is 5.43. The molecule has 1 rings (SSSR count). The molecule has 0 saturated carbocycles. The first kappa shape index (κ1) is 5.97. The standard InChI is InChI=1S/C5H9N3O/c1-8(7)5-3-9-2-4(5)6/h2-3H,6-7H2,1H3. The van der Waals surface area contributed by atoms with E-state index in [4.69, 9.17) is 16.0 Å². The summed E-state index contributed by atoms with van der Waals surface area (Å²) < 4.78 is 4.76. The Bertz CT molecular complexity index is 194. The van der Waals surface area contributed by atoms with Gasteiger partial charge in [0.05, 0.1) is 5.69 Å². The third-order valence-electron chi connectivity index (χ3n) is 1.05. The highest BCUT2D eigenvalue weighted by atomic mass is 16.3. The number of hydrogen-bond acceptors (Lipinski definition) is 4. The van der Waals surface area contributed by atoms with E-state index in [9.17, 15) is 0 Å². The van der Waals surface area contributed by atoms with Crippen molar-refractivity contribution < 1.29 is 4.42 Å². The molecule has 4 N–H and O–H groups in total. The van der Waals surface area contributed by atoms with Crippen LogP contribution in [-0.2, 0) is 0 Å². The lowest BCUT2D eigenvalue weighted by Crippen LogP contribution is -2.25. The van der Waals surface area contributed by atoms with E-state index in [1.54, 1.807) is 7.05 Å². The summed E-state index contributed by atoms with van der Waals surface area (Å²) in [6, 6.07) is 0. The summed E-state index contributed by atoms with van der Waals surface area (Å²) in [6.07, 6.45) is 2.94. The van der Waals surface area contributed by atoms with Crippen LogP contribution >= 0.6 is 0 Å². The SMILES string of the molecule is CN(N)c1cocc1N. The maximum atomic E-state index is 5.43. The second-order valence-electron chi connectivity index (χ2n) is 1.82. The first-order chi connectivity index (χ1) is 4.22. The van der Waals surface area contributed by atoms with Crippen molar-refractivity contribution >= 4 is 11.4 Å². The fraction of sp³-hybridized carbons (Fsp3) is 0.200. The van der Waals surface area contributed by atoms with Gasteiger partial charge in [-0.3, -0.25) is 0 Å². The topological polar surface area (TPSA) is 68.4 Å². The minimum Gasteiger partial charge on any atom is -0.468 e. The lowest BCUT2D eigenvalue weighted by molar-refractivity contribution is 0.568. The fourth-order valence-corrected chi connectivity index (χ4v) is 0.587. The van der Waals surface area contributed by atoms with Crippen molar-refractivity contribution in [2.45, 2.75) is 0 Å². The number of nitrogens with zero attached hydrogens (tertiary/aromatic N) is 1. The molecule has 4 nitrogen and oxygen atoms in total. The van der Waals surface area contributed by atoms with Crippen LogP contribution in [0.3, 0.4) is 0 Å². The van der Waals surface area contributed by atoms with Crippen molar-refractivity contribution in [2.24, 2.45) is 5.84 Å². The molecule has 0 spiro atoms. The van der Waals surface area contributed by atoms with Crippen molar-refractivity contribution in [3.8, 4) is 0 Å². The molecule has 0 radical (unpaired) electrons. The van der Waals surface area contributed by atoms with Gasteiger partial charge >= 0.3 is 0 Å². The van der Waals surface area contributed by atoms with Gasteiger partial charge < -0.3 is 15.2 Å². The van der Waals surface area contributed by atoms with Gasteiger partial charge in [-0.1, -0.05) is 0 Å². The molecular weight excluding hydrogens is 118 g/mol. The van der Waals surface area contributed by atoms with Gasteiger partial charge in [-0.2, -0.15) is 0 Å². The largest absolute Gasteiger partial charge is 0.468 e. The Morgan fingerprint density at radius 2 is 2.22 bits per heavy atom. The van der Waals surface area contributed by atoms with E-state index in [-0.39, 0.29) is 0 Å². The molecule has 0 atom stereocenters. The molecule has 50 valence electrons. The third kappa shape index (κ3) is 0.972. The van der Waals surface area contributed by atoms with Gasteiger partial charge in [0.25, 0.3) is 0 Å². The summed E-state index contributed by atoms with van der Waals surface area (Å²) in [5.74, 6) is 5.35. The van der Waals surface area contributed by atoms with E-state index in [1.807, 2.05) is 0 Å². The normalized spacial score (nSPS) is 9.56. The van der Waals surface area contributed by atoms with Crippen LogP contribution < -0.4 is 16.6 Å². The van der Waals surface area contributed by atoms with Crippen LogP contribution in [0.4, 0.5) is 11.4 Å². The first-order valence-electron chi connectivity index (χ1n) is 2.52.